The van der Waals surface area contributed by atoms with Gasteiger partial charge in [-0.1, -0.05) is 0 Å². The first-order valence-corrected chi connectivity index (χ1v) is 4.92. The van der Waals surface area contributed by atoms with Gasteiger partial charge in [0.15, 0.2) is 5.82 Å². The number of aromatic nitrogens is 2. The lowest BCUT2D eigenvalue weighted by Gasteiger charge is -2.26. The standard InChI is InChI=1S/C10H13N3O2/c1-15-10-7-11-6-9(12-10)13-4-2-8(14)3-5-13/h6-7H,2-5H2,1H3. The van der Waals surface area contributed by atoms with Gasteiger partial charge >= 0.3 is 0 Å². The molecule has 0 atom stereocenters. The molecule has 2 rings (SSSR count). The summed E-state index contributed by atoms with van der Waals surface area (Å²) in [7, 11) is 1.56. The van der Waals surface area contributed by atoms with Crippen LogP contribution in [0.1, 0.15) is 12.8 Å². The quantitative estimate of drug-likeness (QED) is 0.712. The number of hydrogen-bond donors (Lipinski definition) is 0. The minimum absolute atomic E-state index is 0.321. The third-order valence-electron chi connectivity index (χ3n) is 2.45. The predicted octanol–water partition coefficient (Wildman–Crippen LogP) is 0.654. The second-order valence-electron chi connectivity index (χ2n) is 3.45. The van der Waals surface area contributed by atoms with Crippen molar-refractivity contribution in [1.29, 1.82) is 0 Å². The largest absolute Gasteiger partial charge is 0.480 e. The van der Waals surface area contributed by atoms with E-state index >= 15 is 0 Å². The van der Waals surface area contributed by atoms with Crippen LogP contribution in [0.5, 0.6) is 5.88 Å². The lowest BCUT2D eigenvalue weighted by molar-refractivity contribution is -0.119. The van der Waals surface area contributed by atoms with E-state index in [1.165, 1.54) is 0 Å². The third kappa shape index (κ3) is 2.23. The number of carbonyl (C=O) groups excluding carboxylic acids is 1. The number of carbonyl (C=O) groups is 1. The Balaban J connectivity index is 2.11. The van der Waals surface area contributed by atoms with E-state index in [1.54, 1.807) is 19.5 Å². The minimum atomic E-state index is 0.321. The molecule has 1 aliphatic heterocycles. The Labute approximate surface area is 88.1 Å². The lowest BCUT2D eigenvalue weighted by atomic mass is 10.1. The van der Waals surface area contributed by atoms with Crippen molar-refractivity contribution in [3.63, 3.8) is 0 Å². The van der Waals surface area contributed by atoms with E-state index in [4.69, 9.17) is 4.74 Å². The highest BCUT2D eigenvalue weighted by atomic mass is 16.5. The van der Waals surface area contributed by atoms with Gasteiger partial charge in [0.2, 0.25) is 5.88 Å². The number of nitrogens with zero attached hydrogens (tertiary/aromatic N) is 3. The number of piperidine rings is 1. The maximum Gasteiger partial charge on any atom is 0.233 e. The van der Waals surface area contributed by atoms with Gasteiger partial charge < -0.3 is 9.64 Å². The maximum atomic E-state index is 11.1. The van der Waals surface area contributed by atoms with Gasteiger partial charge in [0.25, 0.3) is 0 Å². The van der Waals surface area contributed by atoms with Gasteiger partial charge in [0.05, 0.1) is 19.5 Å². The van der Waals surface area contributed by atoms with Gasteiger partial charge in [0, 0.05) is 25.9 Å². The summed E-state index contributed by atoms with van der Waals surface area (Å²) < 4.78 is 5.00. The fourth-order valence-corrected chi connectivity index (χ4v) is 1.57. The number of ketones is 1. The van der Waals surface area contributed by atoms with Crippen molar-refractivity contribution in [1.82, 2.24) is 9.97 Å². The molecular formula is C10H13N3O2. The number of hydrogen-bond acceptors (Lipinski definition) is 5. The Morgan fingerprint density at radius 2 is 2.07 bits per heavy atom. The molecule has 1 saturated heterocycles. The number of Topliss-reactive ketones (excluding diaryl/α,β-unsaturated/α-hetero) is 1. The Morgan fingerprint density at radius 1 is 1.33 bits per heavy atom. The molecule has 1 aromatic heterocycles. The highest BCUT2D eigenvalue weighted by Crippen LogP contribution is 2.17. The molecule has 1 fully saturated rings. The zero-order valence-electron chi connectivity index (χ0n) is 8.64. The Hall–Kier alpha value is -1.65. The van der Waals surface area contributed by atoms with Crippen molar-refractivity contribution in [2.45, 2.75) is 12.8 Å². The van der Waals surface area contributed by atoms with Crippen LogP contribution in [-0.2, 0) is 4.79 Å². The number of rotatable bonds is 2. The monoisotopic (exact) mass is 207 g/mol. The third-order valence-corrected chi connectivity index (χ3v) is 2.45. The maximum absolute atomic E-state index is 11.1. The Morgan fingerprint density at radius 3 is 2.73 bits per heavy atom. The minimum Gasteiger partial charge on any atom is -0.480 e. The van der Waals surface area contributed by atoms with Crippen LogP contribution < -0.4 is 9.64 Å². The van der Waals surface area contributed by atoms with Crippen LogP contribution in [0.15, 0.2) is 12.4 Å². The first kappa shape index (κ1) is 9.89. The fraction of sp³-hybridized carbons (Fsp3) is 0.500. The Bertz CT molecular complexity index is 357. The second-order valence-corrected chi connectivity index (χ2v) is 3.45. The molecule has 80 valence electrons. The number of anilines is 1. The molecule has 0 spiro atoms. The molecule has 5 heteroatoms. The van der Waals surface area contributed by atoms with Crippen LogP contribution in [0.4, 0.5) is 5.82 Å². The second kappa shape index (κ2) is 4.25. The molecule has 0 bridgehead atoms. The van der Waals surface area contributed by atoms with Crippen molar-refractivity contribution in [2.75, 3.05) is 25.1 Å². The summed E-state index contributed by atoms with van der Waals surface area (Å²) >= 11 is 0. The zero-order chi connectivity index (χ0) is 10.7. The van der Waals surface area contributed by atoms with Crippen molar-refractivity contribution in [3.05, 3.63) is 12.4 Å². The zero-order valence-corrected chi connectivity index (χ0v) is 8.64. The molecule has 0 aliphatic carbocycles. The van der Waals surface area contributed by atoms with Gasteiger partial charge in [0.1, 0.15) is 5.78 Å². The summed E-state index contributed by atoms with van der Waals surface area (Å²) in [6, 6.07) is 0. The summed E-state index contributed by atoms with van der Waals surface area (Å²) in [5.74, 6) is 1.60. The van der Waals surface area contributed by atoms with E-state index in [0.29, 0.717) is 24.5 Å². The van der Waals surface area contributed by atoms with E-state index in [2.05, 4.69) is 14.9 Å². The van der Waals surface area contributed by atoms with E-state index in [9.17, 15) is 4.79 Å². The summed E-state index contributed by atoms with van der Waals surface area (Å²) in [4.78, 5) is 21.4. The first-order valence-electron chi connectivity index (χ1n) is 4.92. The predicted molar refractivity (Wildman–Crippen MR) is 55.0 cm³/mol. The highest BCUT2D eigenvalue weighted by Gasteiger charge is 2.17. The van der Waals surface area contributed by atoms with Crippen LogP contribution in [-0.4, -0.2) is 36.0 Å². The van der Waals surface area contributed by atoms with Crippen LogP contribution in [0.3, 0.4) is 0 Å². The van der Waals surface area contributed by atoms with E-state index in [1.807, 2.05) is 0 Å². The molecule has 1 aliphatic rings. The van der Waals surface area contributed by atoms with Crippen molar-refractivity contribution >= 4 is 11.6 Å². The van der Waals surface area contributed by atoms with Gasteiger partial charge in [-0.3, -0.25) is 9.78 Å². The molecule has 0 radical (unpaired) electrons. The highest BCUT2D eigenvalue weighted by molar-refractivity contribution is 5.80. The molecule has 0 amide bonds. The van der Waals surface area contributed by atoms with Crippen molar-refractivity contribution in [2.24, 2.45) is 0 Å². The number of ether oxygens (including phenoxy) is 1. The summed E-state index contributed by atoms with van der Waals surface area (Å²) in [5.41, 5.74) is 0. The molecule has 1 aromatic rings. The van der Waals surface area contributed by atoms with E-state index < -0.39 is 0 Å². The summed E-state index contributed by atoms with van der Waals surface area (Å²) in [6.45, 7) is 1.45. The average Bonchev–Trinajstić information content (AvgIpc) is 2.30. The van der Waals surface area contributed by atoms with Crippen LogP contribution in [0.2, 0.25) is 0 Å². The molecule has 2 heterocycles. The summed E-state index contributed by atoms with van der Waals surface area (Å²) in [5, 5.41) is 0. The molecule has 0 saturated carbocycles. The topological polar surface area (TPSA) is 55.3 Å². The van der Waals surface area contributed by atoms with Crippen LogP contribution in [0.25, 0.3) is 0 Å². The molecule has 15 heavy (non-hydrogen) atoms. The lowest BCUT2D eigenvalue weighted by Crippen LogP contribution is -2.34. The Kier molecular flexibility index (Phi) is 2.80. The first-order chi connectivity index (χ1) is 7.29. The van der Waals surface area contributed by atoms with Gasteiger partial charge in [-0.25, -0.2) is 0 Å². The molecule has 0 N–H and O–H groups in total. The van der Waals surface area contributed by atoms with Crippen LogP contribution >= 0.6 is 0 Å². The average molecular weight is 207 g/mol. The van der Waals surface area contributed by atoms with Gasteiger partial charge in [-0.05, 0) is 0 Å². The fourth-order valence-electron chi connectivity index (χ4n) is 1.57. The van der Waals surface area contributed by atoms with Crippen molar-refractivity contribution < 1.29 is 9.53 Å². The number of methoxy groups -OCH3 is 1. The van der Waals surface area contributed by atoms with Gasteiger partial charge in [-0.2, -0.15) is 4.98 Å². The molecule has 0 aromatic carbocycles. The molecule has 0 unspecified atom stereocenters. The van der Waals surface area contributed by atoms with Crippen LogP contribution in [0, 0.1) is 0 Å². The van der Waals surface area contributed by atoms with Gasteiger partial charge in [-0.15, -0.1) is 0 Å². The van der Waals surface area contributed by atoms with E-state index in [0.717, 1.165) is 18.9 Å². The van der Waals surface area contributed by atoms with E-state index in [-0.39, 0.29) is 0 Å². The SMILES string of the molecule is COc1cncc(N2CCC(=O)CC2)n1. The smallest absolute Gasteiger partial charge is 0.233 e. The molecular weight excluding hydrogens is 194 g/mol. The summed E-state index contributed by atoms with van der Waals surface area (Å²) in [6.07, 6.45) is 4.45. The molecule has 5 nitrogen and oxygen atoms in total. The normalized spacial score (nSPS) is 16.6. The van der Waals surface area contributed by atoms with Crippen molar-refractivity contribution in [3.8, 4) is 5.88 Å².